The second-order valence-corrected chi connectivity index (χ2v) is 9.43. The Morgan fingerprint density at radius 2 is 2.13 bits per heavy atom. The number of methoxy groups -OCH3 is 1. The molecular formula is C27H38O4. The molecule has 0 amide bonds. The van der Waals surface area contributed by atoms with Crippen molar-refractivity contribution in [3.8, 4) is 0 Å². The van der Waals surface area contributed by atoms with Gasteiger partial charge in [-0.2, -0.15) is 0 Å². The molecule has 1 aromatic carbocycles. The minimum Gasteiger partial charge on any atom is -0.469 e. The SMILES string of the molecule is CCCC1(C(O)c2cccc(C3CCC(=O)[C@@H]3C/C=C\CCCC(=O)OC)c2)CCC1. The number of ketones is 1. The average Bonchev–Trinajstić information content (AvgIpc) is 3.13. The van der Waals surface area contributed by atoms with Gasteiger partial charge in [-0.15, -0.1) is 0 Å². The Labute approximate surface area is 187 Å². The molecule has 2 aliphatic rings. The molecule has 0 bridgehead atoms. The highest BCUT2D eigenvalue weighted by atomic mass is 16.5. The predicted octanol–water partition coefficient (Wildman–Crippen LogP) is 6.04. The number of carbonyl (C=O) groups is 2. The summed E-state index contributed by atoms with van der Waals surface area (Å²) in [5, 5.41) is 11.2. The number of carbonyl (C=O) groups excluding carboxylic acids is 2. The van der Waals surface area contributed by atoms with Crippen molar-refractivity contribution in [3.05, 3.63) is 47.5 Å². The third kappa shape index (κ3) is 5.65. The van der Waals surface area contributed by atoms with Gasteiger partial charge >= 0.3 is 5.97 Å². The Hall–Kier alpha value is -1.94. The maximum Gasteiger partial charge on any atom is 0.305 e. The number of aliphatic hydroxyl groups is 1. The van der Waals surface area contributed by atoms with E-state index in [1.165, 1.54) is 19.1 Å². The summed E-state index contributed by atoms with van der Waals surface area (Å²) in [5.74, 6) is 0.404. The second-order valence-electron chi connectivity index (χ2n) is 9.43. The van der Waals surface area contributed by atoms with Crippen molar-refractivity contribution in [1.82, 2.24) is 0 Å². The Kier molecular flexibility index (Phi) is 8.48. The van der Waals surface area contributed by atoms with E-state index in [9.17, 15) is 14.7 Å². The van der Waals surface area contributed by atoms with E-state index >= 15 is 0 Å². The lowest BCUT2D eigenvalue weighted by molar-refractivity contribution is -0.140. The van der Waals surface area contributed by atoms with Crippen LogP contribution in [0.2, 0.25) is 0 Å². The molecule has 1 N–H and O–H groups in total. The highest BCUT2D eigenvalue weighted by molar-refractivity contribution is 5.84. The molecule has 4 heteroatoms. The normalized spacial score (nSPS) is 23.6. The zero-order chi connectivity index (χ0) is 22.3. The van der Waals surface area contributed by atoms with E-state index in [0.717, 1.165) is 56.9 Å². The molecule has 2 aliphatic carbocycles. The van der Waals surface area contributed by atoms with Crippen LogP contribution in [0.15, 0.2) is 36.4 Å². The first-order chi connectivity index (χ1) is 15.0. The molecule has 4 nitrogen and oxygen atoms in total. The minimum atomic E-state index is -0.411. The molecule has 0 aliphatic heterocycles. The van der Waals surface area contributed by atoms with Gasteiger partial charge in [0.2, 0.25) is 0 Å². The lowest BCUT2D eigenvalue weighted by atomic mass is 9.61. The summed E-state index contributed by atoms with van der Waals surface area (Å²) < 4.78 is 4.66. The summed E-state index contributed by atoms with van der Waals surface area (Å²) in [5.41, 5.74) is 2.25. The number of ether oxygens (including phenoxy) is 1. The van der Waals surface area contributed by atoms with E-state index in [2.05, 4.69) is 48.1 Å². The summed E-state index contributed by atoms with van der Waals surface area (Å²) in [6.45, 7) is 2.20. The van der Waals surface area contributed by atoms with Crippen LogP contribution < -0.4 is 0 Å². The standard InChI is InChI=1S/C27H38O4/c1-3-16-27(17-9-18-27)26(30)21-11-8-10-20(19-21)22-14-15-24(28)23(22)12-6-4-5-7-13-25(29)31-2/h4,6,8,10-11,19,22-23,26,30H,3,5,7,9,12-18H2,1-2H3/b6-4-/t22?,23-,26?/m1/s1. The summed E-state index contributed by atoms with van der Waals surface area (Å²) in [4.78, 5) is 23.8. The van der Waals surface area contributed by atoms with Crippen molar-refractivity contribution < 1.29 is 19.4 Å². The van der Waals surface area contributed by atoms with Crippen LogP contribution in [0.3, 0.4) is 0 Å². The lowest BCUT2D eigenvalue weighted by Gasteiger charge is -2.46. The van der Waals surface area contributed by atoms with Crippen LogP contribution in [0.25, 0.3) is 0 Å². The van der Waals surface area contributed by atoms with Crippen LogP contribution in [0, 0.1) is 11.3 Å². The predicted molar refractivity (Wildman–Crippen MR) is 123 cm³/mol. The van der Waals surface area contributed by atoms with Gasteiger partial charge in [0.1, 0.15) is 5.78 Å². The number of aliphatic hydroxyl groups excluding tert-OH is 1. The molecule has 0 aromatic heterocycles. The fraction of sp³-hybridized carbons (Fsp3) is 0.630. The van der Waals surface area contributed by atoms with Crippen LogP contribution in [-0.4, -0.2) is 24.0 Å². The van der Waals surface area contributed by atoms with Gasteiger partial charge in [0.15, 0.2) is 0 Å². The molecular weight excluding hydrogens is 388 g/mol. The quantitative estimate of drug-likeness (QED) is 0.266. The van der Waals surface area contributed by atoms with Crippen molar-refractivity contribution in [3.63, 3.8) is 0 Å². The fourth-order valence-electron chi connectivity index (χ4n) is 5.53. The van der Waals surface area contributed by atoms with Gasteiger partial charge in [-0.05, 0) is 62.0 Å². The Morgan fingerprint density at radius 3 is 2.81 bits per heavy atom. The zero-order valence-corrected chi connectivity index (χ0v) is 19.1. The number of unbranched alkanes of at least 4 members (excludes halogenated alkanes) is 1. The van der Waals surface area contributed by atoms with Crippen LogP contribution in [0.4, 0.5) is 0 Å². The summed E-state index contributed by atoms with van der Waals surface area (Å²) in [6.07, 6.45) is 13.7. The molecule has 3 rings (SSSR count). The molecule has 0 radical (unpaired) electrons. The molecule has 170 valence electrons. The van der Waals surface area contributed by atoms with Gasteiger partial charge in [-0.1, -0.05) is 56.2 Å². The Balaban J connectivity index is 1.63. The van der Waals surface area contributed by atoms with Crippen molar-refractivity contribution in [2.45, 2.75) is 89.6 Å². The fourth-order valence-corrected chi connectivity index (χ4v) is 5.53. The third-order valence-corrected chi connectivity index (χ3v) is 7.47. The van der Waals surface area contributed by atoms with Crippen molar-refractivity contribution >= 4 is 11.8 Å². The molecule has 3 atom stereocenters. The summed E-state index contributed by atoms with van der Waals surface area (Å²) in [6, 6.07) is 8.39. The number of Topliss-reactive ketones (excluding diaryl/α,β-unsaturated/α-hetero) is 1. The monoisotopic (exact) mass is 426 g/mol. The average molecular weight is 427 g/mol. The molecule has 2 fully saturated rings. The number of rotatable bonds is 11. The molecule has 2 saturated carbocycles. The van der Waals surface area contributed by atoms with Gasteiger partial charge in [0, 0.05) is 24.2 Å². The van der Waals surface area contributed by atoms with E-state index in [1.54, 1.807) is 0 Å². The lowest BCUT2D eigenvalue weighted by Crippen LogP contribution is -2.36. The van der Waals surface area contributed by atoms with E-state index in [1.807, 2.05) is 0 Å². The zero-order valence-electron chi connectivity index (χ0n) is 19.1. The van der Waals surface area contributed by atoms with Crippen molar-refractivity contribution in [1.29, 1.82) is 0 Å². The van der Waals surface area contributed by atoms with Crippen LogP contribution in [0.5, 0.6) is 0 Å². The molecule has 31 heavy (non-hydrogen) atoms. The van der Waals surface area contributed by atoms with Gasteiger partial charge < -0.3 is 9.84 Å². The highest BCUT2D eigenvalue weighted by Crippen LogP contribution is 2.53. The minimum absolute atomic E-state index is 0.0116. The number of hydrogen-bond donors (Lipinski definition) is 1. The Morgan fingerprint density at radius 1 is 1.32 bits per heavy atom. The first-order valence-corrected chi connectivity index (χ1v) is 12.0. The summed E-state index contributed by atoms with van der Waals surface area (Å²) in [7, 11) is 1.41. The first kappa shape index (κ1) is 23.7. The third-order valence-electron chi connectivity index (χ3n) is 7.47. The molecule has 0 spiro atoms. The van der Waals surface area contributed by atoms with Crippen LogP contribution in [-0.2, 0) is 14.3 Å². The molecule has 1 aromatic rings. The van der Waals surface area contributed by atoms with Crippen molar-refractivity contribution in [2.75, 3.05) is 7.11 Å². The van der Waals surface area contributed by atoms with E-state index in [0.29, 0.717) is 18.6 Å². The van der Waals surface area contributed by atoms with Crippen molar-refractivity contribution in [2.24, 2.45) is 11.3 Å². The van der Waals surface area contributed by atoms with Gasteiger partial charge in [0.05, 0.1) is 13.2 Å². The van der Waals surface area contributed by atoms with E-state index in [-0.39, 0.29) is 23.2 Å². The van der Waals surface area contributed by atoms with Crippen LogP contribution in [0.1, 0.15) is 101 Å². The maximum absolute atomic E-state index is 12.6. The topological polar surface area (TPSA) is 63.6 Å². The number of hydrogen-bond acceptors (Lipinski definition) is 4. The molecule has 0 heterocycles. The first-order valence-electron chi connectivity index (χ1n) is 12.0. The summed E-state index contributed by atoms with van der Waals surface area (Å²) >= 11 is 0. The molecule has 2 unspecified atom stereocenters. The van der Waals surface area contributed by atoms with Crippen LogP contribution >= 0.6 is 0 Å². The maximum atomic E-state index is 12.6. The highest BCUT2D eigenvalue weighted by Gasteiger charge is 2.43. The van der Waals surface area contributed by atoms with Gasteiger partial charge in [-0.25, -0.2) is 0 Å². The van der Waals surface area contributed by atoms with Gasteiger partial charge in [-0.3, -0.25) is 9.59 Å². The second kappa shape index (κ2) is 11.1. The van der Waals surface area contributed by atoms with E-state index < -0.39 is 6.10 Å². The number of allylic oxidation sites excluding steroid dienone is 2. The van der Waals surface area contributed by atoms with Gasteiger partial charge in [0.25, 0.3) is 0 Å². The number of benzene rings is 1. The smallest absolute Gasteiger partial charge is 0.305 e. The number of esters is 1. The Bertz CT molecular complexity index is 777. The van der Waals surface area contributed by atoms with E-state index in [4.69, 9.17) is 0 Å². The largest absolute Gasteiger partial charge is 0.469 e. The molecule has 0 saturated heterocycles.